The lowest BCUT2D eigenvalue weighted by molar-refractivity contribution is 0.0500. The van der Waals surface area contributed by atoms with E-state index in [1.807, 2.05) is 34.6 Å². The molecule has 2 aliphatic heterocycles. The minimum Gasteiger partial charge on any atom is -0.444 e. The van der Waals surface area contributed by atoms with Crippen LogP contribution in [0.1, 0.15) is 51.6 Å². The average molecular weight is 346 g/mol. The Hall–Kier alpha value is -1.85. The third-order valence-corrected chi connectivity index (χ3v) is 5.06. The zero-order valence-corrected chi connectivity index (χ0v) is 16.0. The van der Waals surface area contributed by atoms with Gasteiger partial charge in [0.25, 0.3) is 0 Å². The van der Waals surface area contributed by atoms with E-state index in [0.717, 1.165) is 30.3 Å². The van der Waals surface area contributed by atoms with Crippen LogP contribution < -0.4 is 10.2 Å². The van der Waals surface area contributed by atoms with Gasteiger partial charge < -0.3 is 15.0 Å². The molecule has 1 amide bonds. The highest BCUT2D eigenvalue weighted by Gasteiger charge is 2.41. The second-order valence-electron chi connectivity index (χ2n) is 8.46. The van der Waals surface area contributed by atoms with Crippen LogP contribution in [-0.2, 0) is 4.74 Å². The summed E-state index contributed by atoms with van der Waals surface area (Å²) in [6, 6.07) is 2.50. The standard InChI is InChI=1S/C19H30N4O2/c1-12-8-17(22-13(2)21-12)23-11-14-6-7-16(23)15(9-14)10-20-18(24)25-19(3,4)5/h8,14-16H,6-7,9-11H2,1-5H3,(H,20,24). The van der Waals surface area contributed by atoms with Crippen LogP contribution in [0.4, 0.5) is 10.6 Å². The molecule has 138 valence electrons. The lowest BCUT2D eigenvalue weighted by Crippen LogP contribution is -2.56. The summed E-state index contributed by atoms with van der Waals surface area (Å²) in [7, 11) is 0. The first-order valence-corrected chi connectivity index (χ1v) is 9.27. The summed E-state index contributed by atoms with van der Waals surface area (Å²) < 4.78 is 5.37. The number of hydrogen-bond acceptors (Lipinski definition) is 5. The molecule has 25 heavy (non-hydrogen) atoms. The van der Waals surface area contributed by atoms with Crippen molar-refractivity contribution >= 4 is 11.9 Å². The highest BCUT2D eigenvalue weighted by Crippen LogP contribution is 2.40. The molecule has 1 aliphatic carbocycles. The molecule has 1 aromatic rings. The normalized spacial score (nSPS) is 25.8. The number of ether oxygens (including phenoxy) is 1. The molecule has 3 aliphatic rings. The number of carbonyl (C=O) groups excluding carboxylic acids is 1. The summed E-state index contributed by atoms with van der Waals surface area (Å²) in [6.07, 6.45) is 3.27. The first kappa shape index (κ1) is 18.0. The van der Waals surface area contributed by atoms with E-state index in [1.54, 1.807) is 0 Å². The molecule has 6 nitrogen and oxygen atoms in total. The fourth-order valence-electron chi connectivity index (χ4n) is 4.19. The average Bonchev–Trinajstić information content (AvgIpc) is 2.51. The van der Waals surface area contributed by atoms with Crippen molar-refractivity contribution in [1.29, 1.82) is 0 Å². The van der Waals surface area contributed by atoms with Crippen LogP contribution in [0.5, 0.6) is 0 Å². The van der Waals surface area contributed by atoms with Crippen molar-refractivity contribution in [3.63, 3.8) is 0 Å². The van der Waals surface area contributed by atoms with Crippen molar-refractivity contribution in [1.82, 2.24) is 15.3 Å². The number of nitrogens with one attached hydrogen (secondary N) is 1. The van der Waals surface area contributed by atoms with Crippen LogP contribution in [0.3, 0.4) is 0 Å². The van der Waals surface area contributed by atoms with Crippen LogP contribution in [0, 0.1) is 25.7 Å². The molecule has 1 saturated carbocycles. The molecule has 0 spiro atoms. The number of carbonyl (C=O) groups is 1. The molecule has 6 heteroatoms. The van der Waals surface area contributed by atoms with Gasteiger partial charge in [0, 0.05) is 30.9 Å². The summed E-state index contributed by atoms with van der Waals surface area (Å²) in [6.45, 7) is 11.3. The smallest absolute Gasteiger partial charge is 0.407 e. The number of aryl methyl sites for hydroxylation is 2. The monoisotopic (exact) mass is 346 g/mol. The summed E-state index contributed by atoms with van der Waals surface area (Å²) in [5, 5.41) is 2.97. The maximum atomic E-state index is 12.0. The molecule has 0 aromatic carbocycles. The number of alkyl carbamates (subject to hydrolysis) is 1. The Labute approximate surface area is 150 Å². The van der Waals surface area contributed by atoms with E-state index in [1.165, 1.54) is 12.8 Å². The number of fused-ring (bicyclic) bond motifs is 3. The molecule has 1 N–H and O–H groups in total. The molecule has 3 unspecified atom stereocenters. The van der Waals surface area contributed by atoms with Gasteiger partial charge in [0.1, 0.15) is 17.2 Å². The first-order chi connectivity index (χ1) is 11.7. The van der Waals surface area contributed by atoms with E-state index in [2.05, 4.69) is 26.3 Å². The van der Waals surface area contributed by atoms with E-state index in [0.29, 0.717) is 24.4 Å². The van der Waals surface area contributed by atoms with Crippen molar-refractivity contribution in [2.75, 3.05) is 18.0 Å². The van der Waals surface area contributed by atoms with E-state index in [-0.39, 0.29) is 6.09 Å². The quantitative estimate of drug-likeness (QED) is 0.910. The second kappa shape index (κ2) is 6.81. The van der Waals surface area contributed by atoms with Crippen molar-refractivity contribution in [2.45, 2.75) is 65.5 Å². The van der Waals surface area contributed by atoms with Gasteiger partial charge in [-0.25, -0.2) is 14.8 Å². The Balaban J connectivity index is 1.67. The molecular formula is C19H30N4O2. The van der Waals surface area contributed by atoms with E-state index < -0.39 is 5.60 Å². The number of piperidine rings is 2. The van der Waals surface area contributed by atoms with Crippen LogP contribution in [0.15, 0.2) is 6.07 Å². The third-order valence-electron chi connectivity index (χ3n) is 5.06. The van der Waals surface area contributed by atoms with Crippen LogP contribution >= 0.6 is 0 Å². The summed E-state index contributed by atoms with van der Waals surface area (Å²) in [4.78, 5) is 23.5. The van der Waals surface area contributed by atoms with Gasteiger partial charge in [-0.2, -0.15) is 0 Å². The van der Waals surface area contributed by atoms with E-state index in [9.17, 15) is 4.79 Å². The Morgan fingerprint density at radius 1 is 1.32 bits per heavy atom. The fraction of sp³-hybridized carbons (Fsp3) is 0.737. The van der Waals surface area contributed by atoms with Crippen molar-refractivity contribution in [3.05, 3.63) is 17.6 Å². The minimum atomic E-state index is -0.461. The van der Waals surface area contributed by atoms with E-state index in [4.69, 9.17) is 4.74 Å². The largest absolute Gasteiger partial charge is 0.444 e. The van der Waals surface area contributed by atoms with Gasteiger partial charge in [-0.15, -0.1) is 0 Å². The number of aromatic nitrogens is 2. The molecule has 2 bridgehead atoms. The summed E-state index contributed by atoms with van der Waals surface area (Å²) in [5.74, 6) is 2.96. The molecule has 2 saturated heterocycles. The highest BCUT2D eigenvalue weighted by molar-refractivity contribution is 5.67. The topological polar surface area (TPSA) is 67.4 Å². The molecule has 1 aromatic heterocycles. The number of rotatable bonds is 3. The Morgan fingerprint density at radius 3 is 2.72 bits per heavy atom. The third kappa shape index (κ3) is 4.41. The molecule has 3 fully saturated rings. The van der Waals surface area contributed by atoms with Crippen LogP contribution in [0.25, 0.3) is 0 Å². The van der Waals surface area contributed by atoms with E-state index >= 15 is 0 Å². The zero-order chi connectivity index (χ0) is 18.2. The van der Waals surface area contributed by atoms with Gasteiger partial charge in [0.05, 0.1) is 0 Å². The summed E-state index contributed by atoms with van der Waals surface area (Å²) in [5.41, 5.74) is 0.546. The predicted octanol–water partition coefficient (Wildman–Crippen LogP) is 3.22. The maximum Gasteiger partial charge on any atom is 0.407 e. The number of anilines is 1. The lowest BCUT2D eigenvalue weighted by Gasteiger charge is -2.50. The number of hydrogen-bond donors (Lipinski definition) is 1. The van der Waals surface area contributed by atoms with Gasteiger partial charge in [-0.3, -0.25) is 0 Å². The Kier molecular flexibility index (Phi) is 4.89. The Bertz CT molecular complexity index is 621. The predicted molar refractivity (Wildman–Crippen MR) is 97.7 cm³/mol. The van der Waals surface area contributed by atoms with Gasteiger partial charge >= 0.3 is 6.09 Å². The molecule has 4 rings (SSSR count). The molecule has 3 atom stereocenters. The van der Waals surface area contributed by atoms with Gasteiger partial charge in [0.2, 0.25) is 0 Å². The van der Waals surface area contributed by atoms with Gasteiger partial charge in [0.15, 0.2) is 0 Å². The number of nitrogens with zero attached hydrogens (tertiary/aromatic N) is 3. The highest BCUT2D eigenvalue weighted by atomic mass is 16.6. The van der Waals surface area contributed by atoms with Gasteiger partial charge in [-0.1, -0.05) is 0 Å². The second-order valence-corrected chi connectivity index (χ2v) is 8.46. The van der Waals surface area contributed by atoms with Crippen molar-refractivity contribution in [3.8, 4) is 0 Å². The number of amides is 1. The maximum absolute atomic E-state index is 12.0. The van der Waals surface area contributed by atoms with Crippen LogP contribution in [-0.4, -0.2) is 40.8 Å². The van der Waals surface area contributed by atoms with Crippen molar-refractivity contribution in [2.24, 2.45) is 11.8 Å². The van der Waals surface area contributed by atoms with Crippen LogP contribution in [0.2, 0.25) is 0 Å². The first-order valence-electron chi connectivity index (χ1n) is 9.27. The SMILES string of the molecule is Cc1cc(N2CC3CCC2C(CNC(=O)OC(C)(C)C)C3)nc(C)n1. The molecule has 0 radical (unpaired) electrons. The summed E-state index contributed by atoms with van der Waals surface area (Å²) >= 11 is 0. The van der Waals surface area contributed by atoms with Crippen molar-refractivity contribution < 1.29 is 9.53 Å². The minimum absolute atomic E-state index is 0.325. The Morgan fingerprint density at radius 2 is 2.08 bits per heavy atom. The fourth-order valence-corrected chi connectivity index (χ4v) is 4.19. The molecular weight excluding hydrogens is 316 g/mol. The lowest BCUT2D eigenvalue weighted by atomic mass is 9.72. The zero-order valence-electron chi connectivity index (χ0n) is 16.0. The molecule has 3 heterocycles. The van der Waals surface area contributed by atoms with Gasteiger partial charge in [-0.05, 0) is 65.7 Å².